The number of carbonyl (C=O) groups is 2. The van der Waals surface area contributed by atoms with Crippen LogP contribution in [-0.4, -0.2) is 47.4 Å². The first kappa shape index (κ1) is 65.3. The lowest BCUT2D eigenvalue weighted by Crippen LogP contribution is -2.45. The van der Waals surface area contributed by atoms with Crippen LogP contribution >= 0.6 is 0 Å². The standard InChI is InChI=1S/C61H117NO5/c1-3-5-7-9-11-13-15-17-19-21-22-23-27-31-35-39-43-47-51-55-61(66)67-56-52-48-44-40-36-32-28-24-26-30-34-38-42-46-50-54-60(65)62-58(57-63)59(64)53-49-45-41-37-33-29-25-20-18-16-14-12-10-8-6-4-2/h28,32,49,53,58-59,63-64H,3-27,29-31,33-48,50-52,54-57H2,1-2H3,(H,62,65)/b32-28-,53-49+. The largest absolute Gasteiger partial charge is 0.466 e. The molecule has 67 heavy (non-hydrogen) atoms. The van der Waals surface area contributed by atoms with E-state index in [1.165, 1.54) is 231 Å². The molecule has 2 unspecified atom stereocenters. The summed E-state index contributed by atoms with van der Waals surface area (Å²) in [6.07, 6.45) is 69.2. The minimum atomic E-state index is -0.854. The molecule has 0 fully saturated rings. The molecule has 0 heterocycles. The average molecular weight is 945 g/mol. The third kappa shape index (κ3) is 53.5. The third-order valence-corrected chi connectivity index (χ3v) is 14.0. The number of hydrogen-bond donors (Lipinski definition) is 3. The smallest absolute Gasteiger partial charge is 0.305 e. The molecule has 6 heteroatoms. The van der Waals surface area contributed by atoms with Crippen molar-refractivity contribution in [2.75, 3.05) is 13.2 Å². The Labute approximate surface area is 418 Å². The van der Waals surface area contributed by atoms with Crippen molar-refractivity contribution in [1.29, 1.82) is 0 Å². The molecule has 0 bridgehead atoms. The van der Waals surface area contributed by atoms with Crippen LogP contribution in [0, 0.1) is 0 Å². The Kier molecular flexibility index (Phi) is 55.5. The van der Waals surface area contributed by atoms with Gasteiger partial charge in [0.2, 0.25) is 5.91 Å². The minimum absolute atomic E-state index is 0.00613. The fraction of sp³-hybridized carbons (Fsp3) is 0.902. The second-order valence-corrected chi connectivity index (χ2v) is 20.7. The Morgan fingerprint density at radius 3 is 1.06 bits per heavy atom. The molecule has 0 spiro atoms. The van der Waals surface area contributed by atoms with Crippen LogP contribution in [0.15, 0.2) is 24.3 Å². The summed E-state index contributed by atoms with van der Waals surface area (Å²) < 4.78 is 5.48. The van der Waals surface area contributed by atoms with Crippen molar-refractivity contribution in [3.8, 4) is 0 Å². The highest BCUT2D eigenvalue weighted by Crippen LogP contribution is 2.17. The zero-order chi connectivity index (χ0) is 48.6. The van der Waals surface area contributed by atoms with Crippen LogP contribution in [0.4, 0.5) is 0 Å². The van der Waals surface area contributed by atoms with Crippen molar-refractivity contribution in [2.24, 2.45) is 0 Å². The van der Waals surface area contributed by atoms with Crippen LogP contribution in [0.3, 0.4) is 0 Å². The molecule has 0 aliphatic rings. The SMILES string of the molecule is CCCCCCCCCCCCCCCC/C=C/C(O)C(CO)NC(=O)CCCCCCCCC/C=C\CCCCCCOC(=O)CCCCCCCCCCCCCCCCCCCCC. The van der Waals surface area contributed by atoms with Crippen molar-refractivity contribution < 1.29 is 24.5 Å². The molecule has 0 aromatic rings. The minimum Gasteiger partial charge on any atom is -0.466 e. The summed E-state index contributed by atoms with van der Waals surface area (Å²) in [4.78, 5) is 24.5. The topological polar surface area (TPSA) is 95.9 Å². The fourth-order valence-electron chi connectivity index (χ4n) is 9.34. The van der Waals surface area contributed by atoms with Crippen LogP contribution < -0.4 is 5.32 Å². The van der Waals surface area contributed by atoms with E-state index in [-0.39, 0.29) is 18.5 Å². The number of rotatable bonds is 56. The molecule has 3 N–H and O–H groups in total. The van der Waals surface area contributed by atoms with Gasteiger partial charge < -0.3 is 20.3 Å². The van der Waals surface area contributed by atoms with E-state index >= 15 is 0 Å². The number of nitrogens with one attached hydrogen (secondary N) is 1. The summed E-state index contributed by atoms with van der Waals surface area (Å²) in [6.45, 7) is 4.89. The number of unbranched alkanes of at least 4 members (excludes halogenated alkanes) is 43. The number of ether oxygens (including phenoxy) is 1. The molecular formula is C61H117NO5. The molecule has 1 amide bonds. The van der Waals surface area contributed by atoms with E-state index < -0.39 is 12.1 Å². The van der Waals surface area contributed by atoms with Gasteiger partial charge in [0.15, 0.2) is 0 Å². The van der Waals surface area contributed by atoms with Crippen LogP contribution in [0.5, 0.6) is 0 Å². The Bertz CT molecular complexity index is 1040. The van der Waals surface area contributed by atoms with Crippen molar-refractivity contribution in [3.63, 3.8) is 0 Å². The lowest BCUT2D eigenvalue weighted by molar-refractivity contribution is -0.143. The first-order valence-corrected chi connectivity index (χ1v) is 30.1. The molecule has 0 aromatic heterocycles. The number of esters is 1. The molecule has 6 nitrogen and oxygen atoms in total. The second kappa shape index (κ2) is 56.9. The first-order valence-electron chi connectivity index (χ1n) is 30.1. The second-order valence-electron chi connectivity index (χ2n) is 20.7. The van der Waals surface area contributed by atoms with E-state index in [0.29, 0.717) is 19.4 Å². The van der Waals surface area contributed by atoms with Gasteiger partial charge in [-0.3, -0.25) is 9.59 Å². The number of carbonyl (C=O) groups excluding carboxylic acids is 2. The fourth-order valence-corrected chi connectivity index (χ4v) is 9.34. The Balaban J connectivity index is 3.46. The lowest BCUT2D eigenvalue weighted by Gasteiger charge is -2.20. The van der Waals surface area contributed by atoms with E-state index in [9.17, 15) is 19.8 Å². The number of hydrogen-bond acceptors (Lipinski definition) is 5. The normalized spacial score (nSPS) is 12.7. The maximum Gasteiger partial charge on any atom is 0.305 e. The Morgan fingerprint density at radius 2 is 0.701 bits per heavy atom. The maximum absolute atomic E-state index is 12.5. The van der Waals surface area contributed by atoms with Gasteiger partial charge in [-0.2, -0.15) is 0 Å². The van der Waals surface area contributed by atoms with Crippen molar-refractivity contribution >= 4 is 11.9 Å². The summed E-state index contributed by atoms with van der Waals surface area (Å²) in [5, 5.41) is 23.1. The van der Waals surface area contributed by atoms with Gasteiger partial charge in [0.25, 0.3) is 0 Å². The van der Waals surface area contributed by atoms with Gasteiger partial charge in [-0.15, -0.1) is 0 Å². The summed E-state index contributed by atoms with van der Waals surface area (Å²) in [6, 6.07) is -0.639. The van der Waals surface area contributed by atoms with E-state index in [1.807, 2.05) is 6.08 Å². The molecule has 0 saturated carbocycles. The van der Waals surface area contributed by atoms with Gasteiger partial charge in [0.05, 0.1) is 25.4 Å². The van der Waals surface area contributed by atoms with E-state index in [2.05, 4.69) is 31.3 Å². The maximum atomic E-state index is 12.5. The molecular weight excluding hydrogens is 827 g/mol. The van der Waals surface area contributed by atoms with E-state index in [1.54, 1.807) is 6.08 Å². The molecule has 0 saturated heterocycles. The first-order chi connectivity index (χ1) is 33.0. The molecule has 0 radical (unpaired) electrons. The van der Waals surface area contributed by atoms with Gasteiger partial charge in [-0.25, -0.2) is 0 Å². The van der Waals surface area contributed by atoms with Gasteiger partial charge >= 0.3 is 5.97 Å². The molecule has 0 aliphatic heterocycles. The van der Waals surface area contributed by atoms with Crippen LogP contribution in [0.25, 0.3) is 0 Å². The van der Waals surface area contributed by atoms with Crippen LogP contribution in [-0.2, 0) is 14.3 Å². The van der Waals surface area contributed by atoms with Gasteiger partial charge in [-0.1, -0.05) is 282 Å². The highest BCUT2D eigenvalue weighted by molar-refractivity contribution is 5.76. The van der Waals surface area contributed by atoms with Gasteiger partial charge in [0.1, 0.15) is 0 Å². The van der Waals surface area contributed by atoms with Crippen molar-refractivity contribution in [1.82, 2.24) is 5.32 Å². The van der Waals surface area contributed by atoms with Crippen LogP contribution in [0.2, 0.25) is 0 Å². The zero-order valence-corrected chi connectivity index (χ0v) is 45.1. The molecule has 0 aliphatic carbocycles. The van der Waals surface area contributed by atoms with E-state index in [0.717, 1.165) is 70.6 Å². The third-order valence-electron chi connectivity index (χ3n) is 14.0. The molecule has 2 atom stereocenters. The lowest BCUT2D eigenvalue weighted by atomic mass is 10.0. The summed E-state index contributed by atoms with van der Waals surface area (Å²) in [5.74, 6) is -0.0874. The summed E-state index contributed by atoms with van der Waals surface area (Å²) in [5.41, 5.74) is 0. The van der Waals surface area contributed by atoms with Crippen molar-refractivity contribution in [3.05, 3.63) is 24.3 Å². The summed E-state index contributed by atoms with van der Waals surface area (Å²) >= 11 is 0. The average Bonchev–Trinajstić information content (AvgIpc) is 3.33. The number of allylic oxidation sites excluding steroid dienone is 3. The van der Waals surface area contributed by atoms with E-state index in [4.69, 9.17) is 4.74 Å². The molecule has 0 rings (SSSR count). The quantitative estimate of drug-likeness (QED) is 0.0321. The predicted molar refractivity (Wildman–Crippen MR) is 292 cm³/mol. The predicted octanol–water partition coefficient (Wildman–Crippen LogP) is 18.6. The molecule has 396 valence electrons. The van der Waals surface area contributed by atoms with Gasteiger partial charge in [0, 0.05) is 12.8 Å². The zero-order valence-electron chi connectivity index (χ0n) is 45.1. The van der Waals surface area contributed by atoms with Crippen LogP contribution in [0.1, 0.15) is 328 Å². The number of amides is 1. The Hall–Kier alpha value is -1.66. The number of aliphatic hydroxyl groups is 2. The number of aliphatic hydroxyl groups excluding tert-OH is 2. The van der Waals surface area contributed by atoms with Gasteiger partial charge in [-0.05, 0) is 57.8 Å². The monoisotopic (exact) mass is 944 g/mol. The highest BCUT2D eigenvalue weighted by atomic mass is 16.5. The highest BCUT2D eigenvalue weighted by Gasteiger charge is 2.18. The molecule has 0 aromatic carbocycles. The summed E-state index contributed by atoms with van der Waals surface area (Å²) in [7, 11) is 0. The Morgan fingerprint density at radius 1 is 0.403 bits per heavy atom. The van der Waals surface area contributed by atoms with Crippen molar-refractivity contribution in [2.45, 2.75) is 341 Å².